The van der Waals surface area contributed by atoms with Crippen molar-refractivity contribution >= 4 is 0 Å². The van der Waals surface area contributed by atoms with Crippen molar-refractivity contribution in [2.45, 2.75) is 19.3 Å². The van der Waals surface area contributed by atoms with Gasteiger partial charge in [0.15, 0.2) is 0 Å². The SMILES string of the molecule is C1=CC2=CC=C(CCCC3=C4C=CC=CC4C=C3)C2C=C1. The Morgan fingerprint density at radius 1 is 0.762 bits per heavy atom. The van der Waals surface area contributed by atoms with Gasteiger partial charge in [0.1, 0.15) is 0 Å². The van der Waals surface area contributed by atoms with Crippen LogP contribution in [0, 0.1) is 11.8 Å². The standard InChI is InChI=1S/C21H20/c1-3-10-20-16(6-1)12-14-18(20)8-5-9-19-15-13-17-7-2-4-11-21(17)19/h1-4,6-7,10-16,21H,5,8-9H2. The van der Waals surface area contributed by atoms with Crippen LogP contribution < -0.4 is 0 Å². The highest BCUT2D eigenvalue weighted by Crippen LogP contribution is 2.36. The molecule has 0 aromatic carbocycles. The number of hydrogen-bond donors (Lipinski definition) is 0. The minimum absolute atomic E-state index is 0.537. The molecule has 0 radical (unpaired) electrons. The van der Waals surface area contributed by atoms with Crippen LogP contribution in [-0.2, 0) is 0 Å². The van der Waals surface area contributed by atoms with E-state index in [-0.39, 0.29) is 0 Å². The molecular formula is C21H20. The van der Waals surface area contributed by atoms with E-state index in [1.54, 1.807) is 5.57 Å². The van der Waals surface area contributed by atoms with Crippen LogP contribution in [0.2, 0.25) is 0 Å². The van der Waals surface area contributed by atoms with Crippen molar-refractivity contribution in [2.75, 3.05) is 0 Å². The first-order valence-electron chi connectivity index (χ1n) is 7.93. The highest BCUT2D eigenvalue weighted by molar-refractivity contribution is 5.49. The van der Waals surface area contributed by atoms with Crippen LogP contribution >= 0.6 is 0 Å². The topological polar surface area (TPSA) is 0 Å². The maximum absolute atomic E-state index is 2.33. The second-order valence-electron chi connectivity index (χ2n) is 6.09. The molecule has 0 spiro atoms. The van der Waals surface area contributed by atoms with Crippen molar-refractivity contribution in [2.24, 2.45) is 11.8 Å². The number of allylic oxidation sites excluding steroid dienone is 16. The zero-order valence-electron chi connectivity index (χ0n) is 12.2. The van der Waals surface area contributed by atoms with Crippen LogP contribution in [0.1, 0.15) is 19.3 Å². The van der Waals surface area contributed by atoms with Gasteiger partial charge >= 0.3 is 0 Å². The Morgan fingerprint density at radius 2 is 1.67 bits per heavy atom. The molecule has 0 nitrogen and oxygen atoms in total. The second kappa shape index (κ2) is 5.37. The summed E-state index contributed by atoms with van der Waals surface area (Å²) in [5.41, 5.74) is 6.08. The third-order valence-corrected chi connectivity index (χ3v) is 4.80. The lowest BCUT2D eigenvalue weighted by Gasteiger charge is -2.16. The summed E-state index contributed by atoms with van der Waals surface area (Å²) in [6.07, 6.45) is 30.7. The molecule has 4 aliphatic carbocycles. The Labute approximate surface area is 126 Å². The van der Waals surface area contributed by atoms with Crippen molar-refractivity contribution in [3.63, 3.8) is 0 Å². The first-order valence-corrected chi connectivity index (χ1v) is 7.93. The predicted molar refractivity (Wildman–Crippen MR) is 89.7 cm³/mol. The summed E-state index contributed by atoms with van der Waals surface area (Å²) in [5, 5.41) is 0. The lowest BCUT2D eigenvalue weighted by Crippen LogP contribution is -2.02. The second-order valence-corrected chi connectivity index (χ2v) is 6.09. The first kappa shape index (κ1) is 12.6. The van der Waals surface area contributed by atoms with Crippen LogP contribution in [0.3, 0.4) is 0 Å². The van der Waals surface area contributed by atoms with E-state index in [1.807, 2.05) is 0 Å². The molecule has 2 atom stereocenters. The van der Waals surface area contributed by atoms with E-state index in [9.17, 15) is 0 Å². The molecule has 0 fully saturated rings. The summed E-state index contributed by atoms with van der Waals surface area (Å²) in [5.74, 6) is 1.09. The van der Waals surface area contributed by atoms with E-state index in [1.165, 1.54) is 36.0 Å². The average Bonchev–Trinajstić information content (AvgIpc) is 3.13. The van der Waals surface area contributed by atoms with Crippen LogP contribution in [0.15, 0.2) is 95.2 Å². The van der Waals surface area contributed by atoms with Crippen molar-refractivity contribution in [1.82, 2.24) is 0 Å². The van der Waals surface area contributed by atoms with Gasteiger partial charge in [0.05, 0.1) is 0 Å². The molecule has 0 saturated heterocycles. The molecule has 4 rings (SSSR count). The monoisotopic (exact) mass is 272 g/mol. The van der Waals surface area contributed by atoms with Crippen LogP contribution in [0.4, 0.5) is 0 Å². The van der Waals surface area contributed by atoms with Gasteiger partial charge in [-0.3, -0.25) is 0 Å². The van der Waals surface area contributed by atoms with Crippen molar-refractivity contribution in [3.05, 3.63) is 95.2 Å². The first-order chi connectivity index (χ1) is 10.4. The van der Waals surface area contributed by atoms with Gasteiger partial charge in [-0.2, -0.15) is 0 Å². The lowest BCUT2D eigenvalue weighted by atomic mass is 9.88. The molecule has 0 amide bonds. The molecule has 0 saturated carbocycles. The summed E-state index contributed by atoms with van der Waals surface area (Å²) >= 11 is 0. The van der Waals surface area contributed by atoms with E-state index in [0.717, 1.165) is 0 Å². The number of hydrogen-bond acceptors (Lipinski definition) is 0. The van der Waals surface area contributed by atoms with Crippen LogP contribution in [-0.4, -0.2) is 0 Å². The summed E-state index contributed by atoms with van der Waals surface area (Å²) in [6, 6.07) is 0. The van der Waals surface area contributed by atoms with E-state index >= 15 is 0 Å². The molecule has 0 heterocycles. The summed E-state index contributed by atoms with van der Waals surface area (Å²) in [6.45, 7) is 0. The number of fused-ring (bicyclic) bond motifs is 2. The minimum Gasteiger partial charge on any atom is -0.0732 e. The Morgan fingerprint density at radius 3 is 2.67 bits per heavy atom. The Balaban J connectivity index is 1.36. The van der Waals surface area contributed by atoms with E-state index in [4.69, 9.17) is 0 Å². The molecular weight excluding hydrogens is 252 g/mol. The van der Waals surface area contributed by atoms with Gasteiger partial charge in [0, 0.05) is 11.8 Å². The summed E-state index contributed by atoms with van der Waals surface area (Å²) in [4.78, 5) is 0. The van der Waals surface area contributed by atoms with Gasteiger partial charge in [-0.25, -0.2) is 0 Å². The largest absolute Gasteiger partial charge is 0.0732 e. The Bertz CT molecular complexity index is 684. The lowest BCUT2D eigenvalue weighted by molar-refractivity contribution is 0.754. The Hall–Kier alpha value is -2.08. The molecule has 21 heavy (non-hydrogen) atoms. The normalized spacial score (nSPS) is 28.0. The number of rotatable bonds is 4. The maximum atomic E-state index is 2.33. The van der Waals surface area contributed by atoms with Crippen molar-refractivity contribution in [3.8, 4) is 0 Å². The molecule has 0 heteroatoms. The van der Waals surface area contributed by atoms with Crippen LogP contribution in [0.25, 0.3) is 0 Å². The average molecular weight is 272 g/mol. The molecule has 4 aliphatic rings. The molecule has 0 aromatic heterocycles. The molecule has 0 aromatic rings. The van der Waals surface area contributed by atoms with E-state index in [2.05, 4.69) is 72.9 Å². The maximum Gasteiger partial charge on any atom is 0.0234 e. The van der Waals surface area contributed by atoms with Crippen molar-refractivity contribution in [1.29, 1.82) is 0 Å². The van der Waals surface area contributed by atoms with Gasteiger partial charge in [-0.05, 0) is 36.0 Å². The zero-order chi connectivity index (χ0) is 14.1. The van der Waals surface area contributed by atoms with E-state index < -0.39 is 0 Å². The molecule has 0 aliphatic heterocycles. The summed E-state index contributed by atoms with van der Waals surface area (Å²) in [7, 11) is 0. The predicted octanol–water partition coefficient (Wildman–Crippen LogP) is 5.37. The fraction of sp³-hybridized carbons (Fsp3) is 0.238. The molecule has 0 N–H and O–H groups in total. The van der Waals surface area contributed by atoms with Gasteiger partial charge in [0.25, 0.3) is 0 Å². The molecule has 0 bridgehead atoms. The third kappa shape index (κ3) is 2.35. The molecule has 104 valence electrons. The zero-order valence-corrected chi connectivity index (χ0v) is 12.2. The van der Waals surface area contributed by atoms with Gasteiger partial charge in [-0.1, -0.05) is 78.5 Å². The molecule has 2 unspecified atom stereocenters. The minimum atomic E-state index is 0.537. The van der Waals surface area contributed by atoms with Crippen molar-refractivity contribution < 1.29 is 0 Å². The fourth-order valence-electron chi connectivity index (χ4n) is 3.67. The van der Waals surface area contributed by atoms with Gasteiger partial charge in [0.2, 0.25) is 0 Å². The van der Waals surface area contributed by atoms with E-state index in [0.29, 0.717) is 11.8 Å². The quantitative estimate of drug-likeness (QED) is 0.645. The third-order valence-electron chi connectivity index (χ3n) is 4.80. The highest BCUT2D eigenvalue weighted by atomic mass is 14.3. The fourth-order valence-corrected chi connectivity index (χ4v) is 3.67. The smallest absolute Gasteiger partial charge is 0.0234 e. The summed E-state index contributed by atoms with van der Waals surface area (Å²) < 4.78 is 0. The highest BCUT2D eigenvalue weighted by Gasteiger charge is 2.21. The van der Waals surface area contributed by atoms with Gasteiger partial charge < -0.3 is 0 Å². The Kier molecular flexibility index (Phi) is 3.23. The van der Waals surface area contributed by atoms with Crippen LogP contribution in [0.5, 0.6) is 0 Å². The van der Waals surface area contributed by atoms with Gasteiger partial charge in [-0.15, -0.1) is 0 Å².